The number of nitrogens with one attached hydrogen (secondary N) is 2. The van der Waals surface area contributed by atoms with Crippen LogP contribution in [0.2, 0.25) is 0 Å². The average Bonchev–Trinajstić information content (AvgIpc) is 2.73. The summed E-state index contributed by atoms with van der Waals surface area (Å²) in [5.74, 6) is -0.671. The van der Waals surface area contributed by atoms with Crippen molar-refractivity contribution in [2.75, 3.05) is 36.9 Å². The number of carbonyl (C=O) groups excluding carboxylic acids is 2. The Hall–Kier alpha value is -2.78. The van der Waals surface area contributed by atoms with Gasteiger partial charge in [-0.1, -0.05) is 24.3 Å². The van der Waals surface area contributed by atoms with E-state index >= 15 is 0 Å². The summed E-state index contributed by atoms with van der Waals surface area (Å²) in [6, 6.07) is 9.71. The highest BCUT2D eigenvalue weighted by molar-refractivity contribution is 6.31. The van der Waals surface area contributed by atoms with E-state index in [9.17, 15) is 19.8 Å². The minimum atomic E-state index is -1.02. The highest BCUT2D eigenvalue weighted by Gasteiger charge is 2.33. The molecule has 2 aromatic rings. The van der Waals surface area contributed by atoms with Crippen LogP contribution in [0.15, 0.2) is 36.4 Å². The van der Waals surface area contributed by atoms with E-state index in [0.29, 0.717) is 22.5 Å². The van der Waals surface area contributed by atoms with Gasteiger partial charge in [-0.15, -0.1) is 0 Å². The van der Waals surface area contributed by atoms with Crippen molar-refractivity contribution in [3.05, 3.63) is 58.7 Å². The van der Waals surface area contributed by atoms with Crippen LogP contribution in [0, 0.1) is 0 Å². The van der Waals surface area contributed by atoms with Crippen molar-refractivity contribution in [2.24, 2.45) is 0 Å². The van der Waals surface area contributed by atoms with Crippen LogP contribution in [-0.4, -0.2) is 70.5 Å². The molecule has 0 radical (unpaired) electrons. The van der Waals surface area contributed by atoms with Crippen LogP contribution in [0.3, 0.4) is 0 Å². The van der Waals surface area contributed by atoms with E-state index in [2.05, 4.69) is 10.6 Å². The molecule has 0 bridgehead atoms. The molecule has 0 aromatic heterocycles. The van der Waals surface area contributed by atoms with Gasteiger partial charge in [-0.05, 0) is 12.1 Å². The number of aliphatic hydroxyl groups excluding tert-OH is 4. The number of hydrogen-bond acceptors (Lipinski definition) is 8. The molecule has 0 heterocycles. The third-order valence-corrected chi connectivity index (χ3v) is 4.55. The molecule has 8 heteroatoms. The summed E-state index contributed by atoms with van der Waals surface area (Å²) in [7, 11) is 0. The number of benzene rings is 2. The molecule has 0 aliphatic heterocycles. The molecule has 2 atom stereocenters. The lowest BCUT2D eigenvalue weighted by molar-refractivity contribution is 0.0978. The molecule has 8 nitrogen and oxygen atoms in total. The van der Waals surface area contributed by atoms with Crippen molar-refractivity contribution in [1.82, 2.24) is 0 Å². The van der Waals surface area contributed by atoms with Gasteiger partial charge in [0.15, 0.2) is 11.6 Å². The topological polar surface area (TPSA) is 139 Å². The first-order valence-electron chi connectivity index (χ1n) is 8.89. The monoisotopic (exact) mass is 386 g/mol. The molecule has 28 heavy (non-hydrogen) atoms. The molecule has 0 spiro atoms. The lowest BCUT2D eigenvalue weighted by atomic mass is 9.82. The standard InChI is InChI=1S/C20H22N2O6/c23-9-11(25)7-21-15-5-6-16(22-8-12(26)10-24)18-17(15)19(27)13-3-1-2-4-14(13)20(18)28/h1-6,11-12,21-26H,7-10H2. The van der Waals surface area contributed by atoms with Gasteiger partial charge in [0.2, 0.25) is 0 Å². The van der Waals surface area contributed by atoms with Gasteiger partial charge in [-0.3, -0.25) is 9.59 Å². The van der Waals surface area contributed by atoms with Crippen molar-refractivity contribution >= 4 is 22.9 Å². The molecular weight excluding hydrogens is 364 g/mol. The summed E-state index contributed by atoms with van der Waals surface area (Å²) >= 11 is 0. The second-order valence-electron chi connectivity index (χ2n) is 6.55. The van der Waals surface area contributed by atoms with Crippen LogP contribution in [0.1, 0.15) is 31.8 Å². The van der Waals surface area contributed by atoms with E-state index in [1.54, 1.807) is 36.4 Å². The molecule has 0 fully saturated rings. The Balaban J connectivity index is 2.07. The van der Waals surface area contributed by atoms with Crippen LogP contribution >= 0.6 is 0 Å². The molecule has 0 amide bonds. The SMILES string of the molecule is O=C1c2ccccc2C(=O)c2c(NCC(O)CO)ccc(NCC(O)CO)c21. The quantitative estimate of drug-likeness (QED) is 0.318. The molecule has 6 N–H and O–H groups in total. The molecule has 1 aliphatic carbocycles. The Labute approximate surface area is 161 Å². The summed E-state index contributed by atoms with van der Waals surface area (Å²) in [6.45, 7) is -0.878. The predicted octanol–water partition coefficient (Wildman–Crippen LogP) is -0.00780. The van der Waals surface area contributed by atoms with Gasteiger partial charge in [0.05, 0.1) is 36.5 Å². The number of hydrogen-bond donors (Lipinski definition) is 6. The van der Waals surface area contributed by atoms with Gasteiger partial charge in [-0.25, -0.2) is 0 Å². The third kappa shape index (κ3) is 3.76. The van der Waals surface area contributed by atoms with E-state index in [-0.39, 0.29) is 35.8 Å². The number of anilines is 2. The Morgan fingerprint density at radius 2 is 1.11 bits per heavy atom. The molecule has 0 saturated carbocycles. The number of fused-ring (bicyclic) bond motifs is 2. The number of aliphatic hydroxyl groups is 4. The fraction of sp³-hybridized carbons (Fsp3) is 0.300. The zero-order chi connectivity index (χ0) is 20.3. The second kappa shape index (κ2) is 8.49. The fourth-order valence-electron chi connectivity index (χ4n) is 3.10. The van der Waals surface area contributed by atoms with Gasteiger partial charge in [0.25, 0.3) is 0 Å². The van der Waals surface area contributed by atoms with Gasteiger partial charge >= 0.3 is 0 Å². The van der Waals surface area contributed by atoms with Crippen LogP contribution in [0.4, 0.5) is 11.4 Å². The predicted molar refractivity (Wildman–Crippen MR) is 103 cm³/mol. The molecule has 2 aromatic carbocycles. The Morgan fingerprint density at radius 1 is 0.714 bits per heavy atom. The Morgan fingerprint density at radius 3 is 1.46 bits per heavy atom. The summed E-state index contributed by atoms with van der Waals surface area (Å²) < 4.78 is 0. The number of ketones is 2. The molecule has 148 valence electrons. The Bertz CT molecular complexity index is 826. The van der Waals surface area contributed by atoms with Gasteiger partial charge in [-0.2, -0.15) is 0 Å². The van der Waals surface area contributed by atoms with Crippen molar-refractivity contribution < 1.29 is 30.0 Å². The van der Waals surface area contributed by atoms with Gasteiger partial charge < -0.3 is 31.1 Å². The smallest absolute Gasteiger partial charge is 0.196 e. The first-order valence-corrected chi connectivity index (χ1v) is 8.89. The van der Waals surface area contributed by atoms with Crippen molar-refractivity contribution in [1.29, 1.82) is 0 Å². The maximum absolute atomic E-state index is 13.1. The average molecular weight is 386 g/mol. The third-order valence-electron chi connectivity index (χ3n) is 4.55. The fourth-order valence-corrected chi connectivity index (χ4v) is 3.10. The summed E-state index contributed by atoms with van der Waals surface area (Å²) in [6.07, 6.45) is -2.04. The highest BCUT2D eigenvalue weighted by atomic mass is 16.3. The molecular formula is C20H22N2O6. The normalized spacial score (nSPS) is 14.9. The first kappa shape index (κ1) is 20.0. The lowest BCUT2D eigenvalue weighted by Gasteiger charge is -2.24. The highest BCUT2D eigenvalue weighted by Crippen LogP contribution is 2.36. The van der Waals surface area contributed by atoms with E-state index in [0.717, 1.165) is 0 Å². The van der Waals surface area contributed by atoms with E-state index in [1.165, 1.54) is 0 Å². The van der Waals surface area contributed by atoms with Crippen molar-refractivity contribution in [3.8, 4) is 0 Å². The second-order valence-corrected chi connectivity index (χ2v) is 6.55. The first-order chi connectivity index (χ1) is 13.5. The molecule has 0 saturated heterocycles. The largest absolute Gasteiger partial charge is 0.394 e. The van der Waals surface area contributed by atoms with Crippen LogP contribution < -0.4 is 10.6 Å². The lowest BCUT2D eigenvalue weighted by Crippen LogP contribution is -2.28. The van der Waals surface area contributed by atoms with Crippen LogP contribution in [0.5, 0.6) is 0 Å². The zero-order valence-electron chi connectivity index (χ0n) is 15.1. The summed E-state index contributed by atoms with van der Waals surface area (Å²) in [4.78, 5) is 26.2. The van der Waals surface area contributed by atoms with Gasteiger partial charge in [0.1, 0.15) is 0 Å². The van der Waals surface area contributed by atoms with E-state index in [1.807, 2.05) is 0 Å². The molecule has 3 rings (SSSR count). The van der Waals surface area contributed by atoms with Crippen LogP contribution in [0.25, 0.3) is 0 Å². The molecule has 2 unspecified atom stereocenters. The van der Waals surface area contributed by atoms with Crippen molar-refractivity contribution in [3.63, 3.8) is 0 Å². The Kier molecular flexibility index (Phi) is 6.05. The van der Waals surface area contributed by atoms with E-state index in [4.69, 9.17) is 10.2 Å². The zero-order valence-corrected chi connectivity index (χ0v) is 15.1. The van der Waals surface area contributed by atoms with E-state index < -0.39 is 25.4 Å². The summed E-state index contributed by atoms with van der Waals surface area (Å²) in [5, 5.41) is 43.0. The van der Waals surface area contributed by atoms with Crippen molar-refractivity contribution in [2.45, 2.75) is 12.2 Å². The molecule has 1 aliphatic rings. The van der Waals surface area contributed by atoms with Crippen LogP contribution in [-0.2, 0) is 0 Å². The minimum absolute atomic E-state index is 0.00204. The maximum atomic E-state index is 13.1. The van der Waals surface area contributed by atoms with Gasteiger partial charge in [0, 0.05) is 35.6 Å². The summed E-state index contributed by atoms with van der Waals surface area (Å²) in [5.41, 5.74) is 1.64. The number of carbonyl (C=O) groups is 2. The maximum Gasteiger partial charge on any atom is 0.196 e. The minimum Gasteiger partial charge on any atom is -0.394 e. The number of rotatable bonds is 8.